The van der Waals surface area contributed by atoms with E-state index in [0.29, 0.717) is 5.30 Å². The standard InChI is InChI=1S/C26H17F2OP/c27-22-11-3-5-13-25(22)30(29,26-14-6-4-12-23(26)28)24-15-7-10-20-16-18-8-1-2-9-19(18)17-21(20)24/h1-17H. The Hall–Kier alpha value is -3.29. The molecular weight excluding hydrogens is 397 g/mol. The first-order chi connectivity index (χ1) is 14.6. The average Bonchev–Trinajstić information content (AvgIpc) is 2.77. The van der Waals surface area contributed by atoms with Crippen molar-refractivity contribution in [3.63, 3.8) is 0 Å². The molecule has 30 heavy (non-hydrogen) atoms. The van der Waals surface area contributed by atoms with E-state index in [-0.39, 0.29) is 10.6 Å². The molecule has 5 rings (SSSR count). The Morgan fingerprint density at radius 3 is 1.57 bits per heavy atom. The van der Waals surface area contributed by atoms with Gasteiger partial charge in [0, 0.05) is 5.30 Å². The van der Waals surface area contributed by atoms with Gasteiger partial charge in [-0.2, -0.15) is 0 Å². The molecule has 0 fully saturated rings. The van der Waals surface area contributed by atoms with Crippen LogP contribution < -0.4 is 15.9 Å². The van der Waals surface area contributed by atoms with E-state index in [1.54, 1.807) is 36.4 Å². The highest BCUT2D eigenvalue weighted by atomic mass is 31.2. The Balaban J connectivity index is 1.93. The molecule has 0 aliphatic carbocycles. The van der Waals surface area contributed by atoms with Gasteiger partial charge in [-0.15, -0.1) is 0 Å². The number of rotatable bonds is 3. The predicted molar refractivity (Wildman–Crippen MR) is 121 cm³/mol. The first-order valence-electron chi connectivity index (χ1n) is 9.61. The van der Waals surface area contributed by atoms with Gasteiger partial charge in [-0.25, -0.2) is 8.78 Å². The lowest BCUT2D eigenvalue weighted by molar-refractivity contribution is 0.585. The van der Waals surface area contributed by atoms with E-state index in [4.69, 9.17) is 0 Å². The second kappa shape index (κ2) is 7.19. The summed E-state index contributed by atoms with van der Waals surface area (Å²) in [7, 11) is -3.83. The van der Waals surface area contributed by atoms with Crippen molar-refractivity contribution in [2.45, 2.75) is 0 Å². The smallest absolute Gasteiger partial charge is 0.177 e. The molecule has 0 aliphatic heterocycles. The molecule has 5 aromatic rings. The van der Waals surface area contributed by atoms with Crippen LogP contribution in [0, 0.1) is 11.6 Å². The van der Waals surface area contributed by atoms with Crippen LogP contribution in [0.4, 0.5) is 8.78 Å². The Kier molecular flexibility index (Phi) is 4.49. The van der Waals surface area contributed by atoms with E-state index in [2.05, 4.69) is 0 Å². The number of halogens is 2. The van der Waals surface area contributed by atoms with Crippen molar-refractivity contribution in [3.05, 3.63) is 115 Å². The lowest BCUT2D eigenvalue weighted by Gasteiger charge is -2.22. The lowest BCUT2D eigenvalue weighted by Crippen LogP contribution is -2.29. The summed E-state index contributed by atoms with van der Waals surface area (Å²) in [6.07, 6.45) is 0. The van der Waals surface area contributed by atoms with Crippen LogP contribution in [0.3, 0.4) is 0 Å². The summed E-state index contributed by atoms with van der Waals surface area (Å²) in [4.78, 5) is 0. The van der Waals surface area contributed by atoms with Crippen molar-refractivity contribution in [1.29, 1.82) is 0 Å². The predicted octanol–water partition coefficient (Wildman–Crippen LogP) is 5.91. The van der Waals surface area contributed by atoms with Crippen LogP contribution >= 0.6 is 7.14 Å². The van der Waals surface area contributed by atoms with E-state index < -0.39 is 18.8 Å². The monoisotopic (exact) mass is 414 g/mol. The minimum atomic E-state index is -3.83. The van der Waals surface area contributed by atoms with Crippen LogP contribution in [-0.2, 0) is 4.57 Å². The third-order valence-corrected chi connectivity index (χ3v) is 8.60. The summed E-state index contributed by atoms with van der Waals surface area (Å²) >= 11 is 0. The molecule has 0 atom stereocenters. The number of fused-ring (bicyclic) bond motifs is 2. The van der Waals surface area contributed by atoms with Crippen molar-refractivity contribution in [2.24, 2.45) is 0 Å². The quantitative estimate of drug-likeness (QED) is 0.265. The number of benzene rings is 5. The van der Waals surface area contributed by atoms with Crippen molar-refractivity contribution >= 4 is 44.6 Å². The fraction of sp³-hybridized carbons (Fsp3) is 0. The summed E-state index contributed by atoms with van der Waals surface area (Å²) in [5.41, 5.74) is 0. The van der Waals surface area contributed by atoms with Gasteiger partial charge >= 0.3 is 0 Å². The molecule has 0 radical (unpaired) electrons. The summed E-state index contributed by atoms with van der Waals surface area (Å²) in [6, 6.07) is 29.1. The highest BCUT2D eigenvalue weighted by molar-refractivity contribution is 7.85. The minimum Gasteiger partial charge on any atom is -0.308 e. The Labute approximate surface area is 173 Å². The molecule has 0 bridgehead atoms. The zero-order valence-electron chi connectivity index (χ0n) is 15.9. The summed E-state index contributed by atoms with van der Waals surface area (Å²) in [5.74, 6) is -1.22. The molecule has 0 N–H and O–H groups in total. The van der Waals surface area contributed by atoms with E-state index >= 15 is 0 Å². The van der Waals surface area contributed by atoms with Gasteiger partial charge in [0.2, 0.25) is 0 Å². The molecular formula is C26H17F2OP. The van der Waals surface area contributed by atoms with E-state index in [1.807, 2.05) is 42.5 Å². The molecule has 0 saturated carbocycles. The maximum Gasteiger partial charge on any atom is 0.177 e. The third kappa shape index (κ3) is 2.86. The van der Waals surface area contributed by atoms with Crippen molar-refractivity contribution < 1.29 is 13.3 Å². The van der Waals surface area contributed by atoms with E-state index in [9.17, 15) is 13.3 Å². The molecule has 0 aliphatic rings. The second-order valence-corrected chi connectivity index (χ2v) is 9.87. The summed E-state index contributed by atoms with van der Waals surface area (Å²) in [5, 5.41) is 4.08. The van der Waals surface area contributed by atoms with Crippen LogP contribution in [0.5, 0.6) is 0 Å². The fourth-order valence-electron chi connectivity index (χ4n) is 4.03. The Morgan fingerprint density at radius 2 is 0.967 bits per heavy atom. The molecule has 0 amide bonds. The number of hydrogen-bond donors (Lipinski definition) is 0. The van der Waals surface area contributed by atoms with Crippen LogP contribution in [0.25, 0.3) is 21.5 Å². The molecule has 1 nitrogen and oxygen atoms in total. The minimum absolute atomic E-state index is 0.00996. The van der Waals surface area contributed by atoms with E-state index in [0.717, 1.165) is 21.5 Å². The van der Waals surface area contributed by atoms with Crippen LogP contribution in [0.2, 0.25) is 0 Å². The molecule has 146 valence electrons. The molecule has 5 aromatic carbocycles. The summed E-state index contributed by atoms with van der Waals surface area (Å²) in [6.45, 7) is 0. The van der Waals surface area contributed by atoms with Crippen molar-refractivity contribution in [3.8, 4) is 0 Å². The van der Waals surface area contributed by atoms with Crippen LogP contribution in [0.1, 0.15) is 0 Å². The first kappa shape index (κ1) is 18.7. The Bertz CT molecular complexity index is 1410. The largest absolute Gasteiger partial charge is 0.308 e. The van der Waals surface area contributed by atoms with Gasteiger partial charge in [0.25, 0.3) is 0 Å². The van der Waals surface area contributed by atoms with Crippen LogP contribution in [-0.4, -0.2) is 0 Å². The van der Waals surface area contributed by atoms with E-state index in [1.165, 1.54) is 24.3 Å². The first-order valence-corrected chi connectivity index (χ1v) is 11.3. The maximum absolute atomic E-state index is 14.9. The van der Waals surface area contributed by atoms with Crippen LogP contribution in [0.15, 0.2) is 103 Å². The van der Waals surface area contributed by atoms with Gasteiger partial charge in [0.1, 0.15) is 11.6 Å². The molecule has 4 heteroatoms. The number of hydrogen-bond acceptors (Lipinski definition) is 1. The molecule has 0 unspecified atom stereocenters. The van der Waals surface area contributed by atoms with Gasteiger partial charge in [-0.3, -0.25) is 0 Å². The normalized spacial score (nSPS) is 11.8. The van der Waals surface area contributed by atoms with Crippen molar-refractivity contribution in [1.82, 2.24) is 0 Å². The zero-order valence-corrected chi connectivity index (χ0v) is 16.8. The fourth-order valence-corrected chi connectivity index (χ4v) is 6.98. The lowest BCUT2D eigenvalue weighted by atomic mass is 10.0. The SMILES string of the molecule is O=P(c1ccccc1F)(c1ccccc1F)c1cccc2cc3ccccc3cc12. The highest BCUT2D eigenvalue weighted by Crippen LogP contribution is 2.46. The van der Waals surface area contributed by atoms with Crippen molar-refractivity contribution in [2.75, 3.05) is 0 Å². The van der Waals surface area contributed by atoms with Gasteiger partial charge < -0.3 is 4.57 Å². The molecule has 0 spiro atoms. The molecule has 0 heterocycles. The van der Waals surface area contributed by atoms with Gasteiger partial charge in [0.05, 0.1) is 10.6 Å². The maximum atomic E-state index is 14.9. The average molecular weight is 414 g/mol. The summed E-state index contributed by atoms with van der Waals surface area (Å²) < 4.78 is 44.6. The second-order valence-electron chi connectivity index (χ2n) is 7.21. The third-order valence-electron chi connectivity index (χ3n) is 5.45. The molecule has 0 aromatic heterocycles. The molecule has 0 saturated heterocycles. The topological polar surface area (TPSA) is 17.1 Å². The highest BCUT2D eigenvalue weighted by Gasteiger charge is 2.36. The zero-order chi connectivity index (χ0) is 20.7. The van der Waals surface area contributed by atoms with Gasteiger partial charge in [-0.1, -0.05) is 66.7 Å². The van der Waals surface area contributed by atoms with Gasteiger partial charge in [0.15, 0.2) is 7.14 Å². The Morgan fingerprint density at radius 1 is 0.500 bits per heavy atom. The van der Waals surface area contributed by atoms with Gasteiger partial charge in [-0.05, 0) is 57.9 Å².